The second-order valence-corrected chi connectivity index (χ2v) is 13.9. The van der Waals surface area contributed by atoms with Crippen LogP contribution in [-0.4, -0.2) is 50.9 Å². The molecular weight excluding hydrogens is 478 g/mol. The number of rotatable bonds is 27. The van der Waals surface area contributed by atoms with E-state index in [1.807, 2.05) is 0 Å². The summed E-state index contributed by atoms with van der Waals surface area (Å²) >= 11 is 0. The lowest BCUT2D eigenvalue weighted by atomic mass is 10.0. The molecule has 0 unspecified atom stereocenters. The molecule has 0 aromatic rings. The minimum atomic E-state index is -3.96. The van der Waals surface area contributed by atoms with Crippen LogP contribution in [0.1, 0.15) is 174 Å². The van der Waals surface area contributed by atoms with Crippen LogP contribution >= 0.6 is 0 Å². The van der Waals surface area contributed by atoms with Crippen LogP contribution in [0.5, 0.6) is 0 Å². The van der Waals surface area contributed by atoms with Crippen molar-refractivity contribution in [2.24, 2.45) is 0 Å². The highest BCUT2D eigenvalue weighted by Gasteiger charge is 2.05. The van der Waals surface area contributed by atoms with Crippen molar-refractivity contribution in [2.75, 3.05) is 33.4 Å². The highest BCUT2D eigenvalue weighted by atomic mass is 32.2. The van der Waals surface area contributed by atoms with Crippen molar-refractivity contribution in [1.29, 1.82) is 0 Å². The maximum atomic E-state index is 10.1. The van der Waals surface area contributed by atoms with Crippen molar-refractivity contribution in [3.8, 4) is 0 Å². The van der Waals surface area contributed by atoms with Gasteiger partial charge < -0.3 is 9.04 Å². The Labute approximate surface area is 235 Å². The molecule has 0 atom stereocenters. The summed E-state index contributed by atoms with van der Waals surface area (Å²) in [7, 11) is 2.94. The summed E-state index contributed by atoms with van der Waals surface area (Å²) < 4.78 is 31.4. The third-order valence-corrected chi connectivity index (χ3v) is 7.97. The summed E-state index contributed by atoms with van der Waals surface area (Å²) in [5.74, 6) is -0.198. The van der Waals surface area contributed by atoms with E-state index in [1.54, 1.807) is 0 Å². The smallest absolute Gasteiger partial charge is 0.0945 e. The third-order valence-electron chi connectivity index (χ3n) is 7.18. The Balaban J connectivity index is 0. The van der Waals surface area contributed by atoms with Gasteiger partial charge in [0.05, 0.1) is 37.8 Å². The fourth-order valence-corrected chi connectivity index (χ4v) is 5.28. The van der Waals surface area contributed by atoms with E-state index in [0.29, 0.717) is 6.42 Å². The van der Waals surface area contributed by atoms with Crippen LogP contribution in [-0.2, 0) is 10.1 Å². The number of nitrogens with zero attached hydrogens (tertiary/aromatic N) is 1. The molecule has 5 heteroatoms. The van der Waals surface area contributed by atoms with E-state index in [1.165, 1.54) is 135 Å². The standard InChI is InChI=1S/C25H54N.C7H16O3S/c1-5-6-7-8-9-10-11-12-13-14-15-16-17-18-19-20-21-22-23-24-25-26(2,3)4;1-2-3-4-5-6-7-11(8,9)10/h5-25H2,1-4H3;2-7H2,1H3,(H,8,9,10)/q+1;/p-1. The van der Waals surface area contributed by atoms with Gasteiger partial charge in [0.1, 0.15) is 0 Å². The zero-order valence-electron chi connectivity index (χ0n) is 26.2. The molecular formula is C32H69NO3S. The van der Waals surface area contributed by atoms with Crippen LogP contribution in [0.4, 0.5) is 0 Å². The van der Waals surface area contributed by atoms with Crippen molar-refractivity contribution in [3.05, 3.63) is 0 Å². The SMILES string of the molecule is CCCCCCCCCCCCCCCCCCCCCC[N+](C)(C)C.CCCCCCCS(=O)(=O)[O-]. The Bertz CT molecular complexity index is 529. The molecule has 0 aliphatic carbocycles. The second kappa shape index (κ2) is 28.9. The number of unbranched alkanes of at least 4 members (excludes halogenated alkanes) is 23. The topological polar surface area (TPSA) is 57.2 Å². The lowest BCUT2D eigenvalue weighted by molar-refractivity contribution is -0.870. The molecule has 0 spiro atoms. The first-order chi connectivity index (χ1) is 17.6. The fraction of sp³-hybridized carbons (Fsp3) is 1.00. The van der Waals surface area contributed by atoms with Gasteiger partial charge in [0, 0.05) is 5.75 Å². The Hall–Kier alpha value is -0.130. The Morgan fingerprint density at radius 3 is 0.919 bits per heavy atom. The van der Waals surface area contributed by atoms with E-state index < -0.39 is 10.1 Å². The molecule has 0 radical (unpaired) electrons. The van der Waals surface area contributed by atoms with Gasteiger partial charge in [-0.2, -0.15) is 0 Å². The minimum absolute atomic E-state index is 0.198. The zero-order chi connectivity index (χ0) is 28.1. The predicted molar refractivity (Wildman–Crippen MR) is 164 cm³/mol. The maximum absolute atomic E-state index is 10.1. The first kappa shape index (κ1) is 39.0. The van der Waals surface area contributed by atoms with Crippen LogP contribution in [0.15, 0.2) is 0 Å². The van der Waals surface area contributed by atoms with Crippen LogP contribution in [0.25, 0.3) is 0 Å². The summed E-state index contributed by atoms with van der Waals surface area (Å²) in [4.78, 5) is 0. The molecule has 0 fully saturated rings. The number of quaternary nitrogens is 1. The van der Waals surface area contributed by atoms with E-state index in [-0.39, 0.29) is 5.75 Å². The van der Waals surface area contributed by atoms with Gasteiger partial charge in [0.25, 0.3) is 0 Å². The first-order valence-corrected chi connectivity index (χ1v) is 17.9. The fourth-order valence-electron chi connectivity index (χ4n) is 4.72. The van der Waals surface area contributed by atoms with Crippen molar-refractivity contribution in [3.63, 3.8) is 0 Å². The van der Waals surface area contributed by atoms with Crippen LogP contribution < -0.4 is 0 Å². The monoisotopic (exact) mass is 547 g/mol. The van der Waals surface area contributed by atoms with Gasteiger partial charge in [0.15, 0.2) is 0 Å². The minimum Gasteiger partial charge on any atom is -0.748 e. The first-order valence-electron chi connectivity index (χ1n) is 16.4. The summed E-state index contributed by atoms with van der Waals surface area (Å²) in [5.41, 5.74) is 0. The highest BCUT2D eigenvalue weighted by molar-refractivity contribution is 7.85. The molecule has 0 rings (SSSR count). The van der Waals surface area contributed by atoms with E-state index >= 15 is 0 Å². The second-order valence-electron chi connectivity index (χ2n) is 12.4. The van der Waals surface area contributed by atoms with Crippen LogP contribution in [0.3, 0.4) is 0 Å². The van der Waals surface area contributed by atoms with Crippen molar-refractivity contribution < 1.29 is 17.5 Å². The highest BCUT2D eigenvalue weighted by Crippen LogP contribution is 2.15. The van der Waals surface area contributed by atoms with E-state index in [0.717, 1.165) is 30.2 Å². The van der Waals surface area contributed by atoms with Crippen molar-refractivity contribution in [2.45, 2.75) is 174 Å². The molecule has 0 aliphatic rings. The summed E-state index contributed by atoms with van der Waals surface area (Å²) in [6, 6.07) is 0. The molecule has 0 N–H and O–H groups in total. The van der Waals surface area contributed by atoms with Crippen molar-refractivity contribution in [1.82, 2.24) is 0 Å². The largest absolute Gasteiger partial charge is 0.748 e. The normalized spacial score (nSPS) is 11.9. The number of hydrogen-bond donors (Lipinski definition) is 0. The van der Waals surface area contributed by atoms with E-state index in [9.17, 15) is 13.0 Å². The van der Waals surface area contributed by atoms with Crippen LogP contribution in [0, 0.1) is 0 Å². The summed E-state index contributed by atoms with van der Waals surface area (Å²) in [5, 5.41) is 0. The molecule has 0 heterocycles. The average Bonchev–Trinajstić information content (AvgIpc) is 2.82. The molecule has 37 heavy (non-hydrogen) atoms. The van der Waals surface area contributed by atoms with Gasteiger partial charge in [-0.1, -0.05) is 155 Å². The molecule has 0 amide bonds. The Morgan fingerprint density at radius 1 is 0.432 bits per heavy atom. The predicted octanol–water partition coefficient (Wildman–Crippen LogP) is 10.0. The molecule has 0 bridgehead atoms. The average molecular weight is 548 g/mol. The van der Waals surface area contributed by atoms with Gasteiger partial charge in [-0.05, 0) is 19.3 Å². The van der Waals surface area contributed by atoms with Gasteiger partial charge in [0.2, 0.25) is 0 Å². The Kier molecular flexibility index (Phi) is 30.4. The van der Waals surface area contributed by atoms with E-state index in [2.05, 4.69) is 35.0 Å². The summed E-state index contributed by atoms with van der Waals surface area (Å²) in [6.07, 6.45) is 34.0. The van der Waals surface area contributed by atoms with Gasteiger partial charge in [-0.25, -0.2) is 8.42 Å². The van der Waals surface area contributed by atoms with Crippen molar-refractivity contribution >= 4 is 10.1 Å². The van der Waals surface area contributed by atoms with Gasteiger partial charge in [-0.3, -0.25) is 0 Å². The van der Waals surface area contributed by atoms with Gasteiger partial charge in [-0.15, -0.1) is 0 Å². The Morgan fingerprint density at radius 2 is 0.676 bits per heavy atom. The number of hydrogen-bond acceptors (Lipinski definition) is 3. The maximum Gasteiger partial charge on any atom is 0.0945 e. The quantitative estimate of drug-likeness (QED) is 0.0584. The van der Waals surface area contributed by atoms with Crippen LogP contribution in [0.2, 0.25) is 0 Å². The molecule has 226 valence electrons. The molecule has 4 nitrogen and oxygen atoms in total. The summed E-state index contributed by atoms with van der Waals surface area (Å²) in [6.45, 7) is 5.72. The van der Waals surface area contributed by atoms with E-state index in [4.69, 9.17) is 0 Å². The third kappa shape index (κ3) is 43.2. The molecule has 0 aromatic heterocycles. The lowest BCUT2D eigenvalue weighted by Gasteiger charge is -2.23. The molecule has 0 aromatic carbocycles. The lowest BCUT2D eigenvalue weighted by Crippen LogP contribution is -2.35. The molecule has 0 aliphatic heterocycles. The molecule has 0 saturated carbocycles. The molecule has 0 saturated heterocycles. The van der Waals surface area contributed by atoms with Gasteiger partial charge >= 0.3 is 0 Å². The zero-order valence-corrected chi connectivity index (χ0v) is 27.0.